The topological polar surface area (TPSA) is 101 Å². The molecule has 22 heavy (non-hydrogen) atoms. The second-order valence-corrected chi connectivity index (χ2v) is 6.14. The number of carbonyl (C=O) groups is 1. The minimum absolute atomic E-state index is 0.0800. The lowest BCUT2D eigenvalue weighted by atomic mass is 10.2. The van der Waals surface area contributed by atoms with Crippen molar-refractivity contribution in [2.24, 2.45) is 0 Å². The lowest BCUT2D eigenvalue weighted by Crippen LogP contribution is -2.13. The van der Waals surface area contributed by atoms with Gasteiger partial charge in [0.05, 0.1) is 6.61 Å². The first-order chi connectivity index (χ1) is 10.5. The third-order valence-electron chi connectivity index (χ3n) is 2.94. The standard InChI is InChI=1S/C14H17N3O4S/c1-3-10-5-7-11(8-6-10)17-22(19,20)13-9-12(15-16-13)14(18)21-4-2/h5-9,17H,3-4H2,1-2H3,(H,15,16). The fourth-order valence-corrected chi connectivity index (χ4v) is 2.76. The van der Waals surface area contributed by atoms with Gasteiger partial charge in [0.1, 0.15) is 0 Å². The minimum Gasteiger partial charge on any atom is -0.461 e. The van der Waals surface area contributed by atoms with Gasteiger partial charge in [0.15, 0.2) is 10.7 Å². The van der Waals surface area contributed by atoms with Crippen molar-refractivity contribution in [1.82, 2.24) is 10.2 Å². The van der Waals surface area contributed by atoms with Crippen LogP contribution in [-0.4, -0.2) is 31.2 Å². The minimum atomic E-state index is -3.84. The van der Waals surface area contributed by atoms with Crippen molar-refractivity contribution in [3.8, 4) is 0 Å². The zero-order valence-electron chi connectivity index (χ0n) is 12.3. The molecule has 0 atom stereocenters. The maximum Gasteiger partial charge on any atom is 0.358 e. The number of nitrogens with zero attached hydrogens (tertiary/aromatic N) is 1. The zero-order valence-corrected chi connectivity index (χ0v) is 13.1. The molecule has 0 amide bonds. The number of H-pyrrole nitrogens is 1. The molecule has 0 spiro atoms. The molecule has 1 heterocycles. The van der Waals surface area contributed by atoms with Crippen molar-refractivity contribution in [3.63, 3.8) is 0 Å². The second kappa shape index (κ2) is 6.61. The quantitative estimate of drug-likeness (QED) is 0.791. The Labute approximate surface area is 128 Å². The molecule has 2 N–H and O–H groups in total. The van der Waals surface area contributed by atoms with E-state index in [9.17, 15) is 13.2 Å². The van der Waals surface area contributed by atoms with E-state index in [1.165, 1.54) is 0 Å². The molecule has 8 heteroatoms. The summed E-state index contributed by atoms with van der Waals surface area (Å²) in [7, 11) is -3.84. The van der Waals surface area contributed by atoms with Gasteiger partial charge in [-0.15, -0.1) is 0 Å². The fraction of sp³-hybridized carbons (Fsp3) is 0.286. The van der Waals surface area contributed by atoms with Gasteiger partial charge in [0, 0.05) is 11.8 Å². The number of hydrogen-bond donors (Lipinski definition) is 2. The number of anilines is 1. The normalized spacial score (nSPS) is 11.2. The van der Waals surface area contributed by atoms with Crippen LogP contribution in [0.2, 0.25) is 0 Å². The number of carbonyl (C=O) groups excluding carboxylic acids is 1. The number of nitrogens with one attached hydrogen (secondary N) is 2. The largest absolute Gasteiger partial charge is 0.461 e. The lowest BCUT2D eigenvalue weighted by molar-refractivity contribution is 0.0519. The Kier molecular flexibility index (Phi) is 4.81. The predicted molar refractivity (Wildman–Crippen MR) is 81.2 cm³/mol. The molecule has 2 rings (SSSR count). The third kappa shape index (κ3) is 3.64. The Morgan fingerprint density at radius 3 is 2.55 bits per heavy atom. The van der Waals surface area contributed by atoms with Crippen molar-refractivity contribution >= 4 is 21.7 Å². The molecule has 0 saturated carbocycles. The number of sulfonamides is 1. The van der Waals surface area contributed by atoms with Gasteiger partial charge in [-0.3, -0.25) is 9.82 Å². The number of aromatic nitrogens is 2. The molecular formula is C14H17N3O4S. The van der Waals surface area contributed by atoms with Crippen LogP contribution in [0.4, 0.5) is 5.69 Å². The Morgan fingerprint density at radius 1 is 1.27 bits per heavy atom. The highest BCUT2D eigenvalue weighted by atomic mass is 32.2. The number of aromatic amines is 1. The molecule has 0 radical (unpaired) electrons. The average Bonchev–Trinajstić information content (AvgIpc) is 2.99. The highest BCUT2D eigenvalue weighted by molar-refractivity contribution is 7.92. The SMILES string of the molecule is CCOC(=O)c1cc(S(=O)(=O)Nc2ccc(CC)cc2)[nH]n1. The van der Waals surface area contributed by atoms with Crippen molar-refractivity contribution in [1.29, 1.82) is 0 Å². The van der Waals surface area contributed by atoms with Crippen molar-refractivity contribution in [2.75, 3.05) is 11.3 Å². The van der Waals surface area contributed by atoms with Gasteiger partial charge in [-0.05, 0) is 31.0 Å². The van der Waals surface area contributed by atoms with Crippen LogP contribution in [0, 0.1) is 0 Å². The summed E-state index contributed by atoms with van der Waals surface area (Å²) in [6, 6.07) is 8.18. The molecular weight excluding hydrogens is 306 g/mol. The highest BCUT2D eigenvalue weighted by Gasteiger charge is 2.20. The lowest BCUT2D eigenvalue weighted by Gasteiger charge is -2.06. The molecule has 1 aromatic carbocycles. The first kappa shape index (κ1) is 16.0. The van der Waals surface area contributed by atoms with Gasteiger partial charge < -0.3 is 4.74 Å². The van der Waals surface area contributed by atoms with Crippen LogP contribution in [-0.2, 0) is 21.2 Å². The first-order valence-electron chi connectivity index (χ1n) is 6.80. The fourth-order valence-electron chi connectivity index (χ4n) is 1.77. The molecule has 0 aliphatic rings. The Hall–Kier alpha value is -2.35. The van der Waals surface area contributed by atoms with Gasteiger partial charge >= 0.3 is 5.97 Å². The summed E-state index contributed by atoms with van der Waals surface area (Å²) < 4.78 is 31.6. The van der Waals surface area contributed by atoms with Crippen LogP contribution >= 0.6 is 0 Å². The van der Waals surface area contributed by atoms with E-state index in [1.54, 1.807) is 19.1 Å². The molecule has 118 valence electrons. The summed E-state index contributed by atoms with van der Waals surface area (Å²) in [5.41, 5.74) is 1.46. The number of esters is 1. The van der Waals surface area contributed by atoms with Crippen LogP contribution in [0.15, 0.2) is 35.4 Å². The van der Waals surface area contributed by atoms with Gasteiger partial charge in [-0.1, -0.05) is 19.1 Å². The summed E-state index contributed by atoms with van der Waals surface area (Å²) in [5, 5.41) is 5.78. The highest BCUT2D eigenvalue weighted by Crippen LogP contribution is 2.16. The van der Waals surface area contributed by atoms with E-state index in [1.807, 2.05) is 19.1 Å². The summed E-state index contributed by atoms with van der Waals surface area (Å²) in [4.78, 5) is 11.5. The molecule has 2 aromatic rings. The van der Waals surface area contributed by atoms with E-state index in [4.69, 9.17) is 4.74 Å². The van der Waals surface area contributed by atoms with E-state index in [0.29, 0.717) is 5.69 Å². The van der Waals surface area contributed by atoms with Crippen molar-refractivity contribution in [2.45, 2.75) is 25.3 Å². The van der Waals surface area contributed by atoms with Crippen LogP contribution < -0.4 is 4.72 Å². The van der Waals surface area contributed by atoms with Gasteiger partial charge in [-0.25, -0.2) is 4.79 Å². The molecule has 0 fully saturated rings. The molecule has 1 aromatic heterocycles. The maximum atomic E-state index is 12.2. The number of ether oxygens (including phenoxy) is 1. The van der Waals surface area contributed by atoms with Crippen LogP contribution in [0.1, 0.15) is 29.9 Å². The number of benzene rings is 1. The number of hydrogen-bond acceptors (Lipinski definition) is 5. The Balaban J connectivity index is 2.17. The van der Waals surface area contributed by atoms with Gasteiger partial charge in [-0.2, -0.15) is 13.5 Å². The second-order valence-electron chi connectivity index (χ2n) is 4.49. The number of aryl methyl sites for hydroxylation is 1. The van der Waals surface area contributed by atoms with E-state index in [-0.39, 0.29) is 17.3 Å². The molecule has 0 aliphatic carbocycles. The van der Waals surface area contributed by atoms with Crippen molar-refractivity contribution in [3.05, 3.63) is 41.6 Å². The van der Waals surface area contributed by atoms with Gasteiger partial charge in [0.2, 0.25) is 0 Å². The maximum absolute atomic E-state index is 12.2. The van der Waals surface area contributed by atoms with Crippen LogP contribution in [0.5, 0.6) is 0 Å². The Bertz CT molecular complexity index is 751. The van der Waals surface area contributed by atoms with Gasteiger partial charge in [0.25, 0.3) is 10.0 Å². The monoisotopic (exact) mass is 323 g/mol. The zero-order chi connectivity index (χ0) is 16.2. The van der Waals surface area contributed by atoms with E-state index in [2.05, 4.69) is 14.9 Å². The summed E-state index contributed by atoms with van der Waals surface area (Å²) >= 11 is 0. The van der Waals surface area contributed by atoms with E-state index < -0.39 is 16.0 Å². The first-order valence-corrected chi connectivity index (χ1v) is 8.29. The smallest absolute Gasteiger partial charge is 0.358 e. The van der Waals surface area contributed by atoms with Crippen LogP contribution in [0.3, 0.4) is 0 Å². The summed E-state index contributed by atoms with van der Waals surface area (Å²) in [6.45, 7) is 3.86. The third-order valence-corrected chi connectivity index (χ3v) is 4.24. The van der Waals surface area contributed by atoms with E-state index in [0.717, 1.165) is 18.1 Å². The molecule has 7 nitrogen and oxygen atoms in total. The summed E-state index contributed by atoms with van der Waals surface area (Å²) in [5.74, 6) is -0.674. The molecule has 0 bridgehead atoms. The Morgan fingerprint density at radius 2 is 1.95 bits per heavy atom. The van der Waals surface area contributed by atoms with Crippen LogP contribution in [0.25, 0.3) is 0 Å². The molecule has 0 aliphatic heterocycles. The predicted octanol–water partition coefficient (Wildman–Crippen LogP) is 1.95. The number of rotatable bonds is 6. The van der Waals surface area contributed by atoms with Crippen molar-refractivity contribution < 1.29 is 17.9 Å². The molecule has 0 unspecified atom stereocenters. The van der Waals surface area contributed by atoms with E-state index >= 15 is 0 Å². The summed E-state index contributed by atoms with van der Waals surface area (Å²) in [6.07, 6.45) is 0.872. The molecule has 0 saturated heterocycles. The average molecular weight is 323 g/mol.